The van der Waals surface area contributed by atoms with E-state index in [1.807, 2.05) is 35.2 Å². The molecule has 0 radical (unpaired) electrons. The quantitative estimate of drug-likeness (QED) is 0.946. The highest BCUT2D eigenvalue weighted by molar-refractivity contribution is 5.89. The van der Waals surface area contributed by atoms with Crippen LogP contribution in [0.5, 0.6) is 5.88 Å². The van der Waals surface area contributed by atoms with E-state index in [-0.39, 0.29) is 12.1 Å². The van der Waals surface area contributed by atoms with Crippen LogP contribution in [-0.2, 0) is 0 Å². The van der Waals surface area contributed by atoms with Crippen LogP contribution in [0.4, 0.5) is 10.6 Å². The summed E-state index contributed by atoms with van der Waals surface area (Å²) in [5, 5.41) is 2.79. The highest BCUT2D eigenvalue weighted by atomic mass is 16.5. The van der Waals surface area contributed by atoms with Gasteiger partial charge in [-0.05, 0) is 11.5 Å². The van der Waals surface area contributed by atoms with Crippen molar-refractivity contribution in [2.45, 2.75) is 13.0 Å². The van der Waals surface area contributed by atoms with Gasteiger partial charge in [0.1, 0.15) is 12.1 Å². The Morgan fingerprint density at radius 1 is 1.32 bits per heavy atom. The lowest BCUT2D eigenvalue weighted by Crippen LogP contribution is -2.53. The smallest absolute Gasteiger partial charge is 0.323 e. The molecule has 22 heavy (non-hydrogen) atoms. The van der Waals surface area contributed by atoms with Crippen molar-refractivity contribution in [1.82, 2.24) is 14.9 Å². The lowest BCUT2D eigenvalue weighted by molar-refractivity contribution is 0.0670. The van der Waals surface area contributed by atoms with Crippen LogP contribution in [0.3, 0.4) is 0 Å². The number of methoxy groups -OCH3 is 1. The standard InChI is InChI=1S/C16H18N4O2/c1-11-9-20(15(11)12-6-4-3-5-7-12)16(21)19-13-8-14(22-2)18-10-17-13/h3-8,10-11,15H,9H2,1-2H3,(H,17,18,19,21)/t11-,15-/m0/s1. The van der Waals surface area contributed by atoms with Gasteiger partial charge in [-0.25, -0.2) is 14.8 Å². The molecular formula is C16H18N4O2. The lowest BCUT2D eigenvalue weighted by Gasteiger charge is -2.46. The minimum Gasteiger partial charge on any atom is -0.481 e. The monoisotopic (exact) mass is 298 g/mol. The topological polar surface area (TPSA) is 67.3 Å². The van der Waals surface area contributed by atoms with Gasteiger partial charge in [0, 0.05) is 12.6 Å². The van der Waals surface area contributed by atoms with Crippen LogP contribution in [0.15, 0.2) is 42.7 Å². The predicted octanol–water partition coefficient (Wildman–Crippen LogP) is 2.71. The second-order valence-electron chi connectivity index (χ2n) is 5.36. The first-order valence-electron chi connectivity index (χ1n) is 7.17. The first-order chi connectivity index (χ1) is 10.7. The van der Waals surface area contributed by atoms with Crippen molar-refractivity contribution in [2.24, 2.45) is 5.92 Å². The van der Waals surface area contributed by atoms with Gasteiger partial charge >= 0.3 is 6.03 Å². The van der Waals surface area contributed by atoms with Crippen molar-refractivity contribution >= 4 is 11.8 Å². The highest BCUT2D eigenvalue weighted by Crippen LogP contribution is 2.38. The number of urea groups is 1. The van der Waals surface area contributed by atoms with Gasteiger partial charge in [0.2, 0.25) is 5.88 Å². The third-order valence-electron chi connectivity index (χ3n) is 3.85. The van der Waals surface area contributed by atoms with Crippen molar-refractivity contribution < 1.29 is 9.53 Å². The Morgan fingerprint density at radius 3 is 2.77 bits per heavy atom. The molecule has 1 N–H and O–H groups in total. The number of aromatic nitrogens is 2. The predicted molar refractivity (Wildman–Crippen MR) is 82.7 cm³/mol. The summed E-state index contributed by atoms with van der Waals surface area (Å²) in [6.45, 7) is 2.88. The molecule has 2 amide bonds. The van der Waals surface area contributed by atoms with Crippen molar-refractivity contribution in [3.8, 4) is 5.88 Å². The van der Waals surface area contributed by atoms with Crippen molar-refractivity contribution in [3.63, 3.8) is 0 Å². The van der Waals surface area contributed by atoms with E-state index >= 15 is 0 Å². The summed E-state index contributed by atoms with van der Waals surface area (Å²) in [5.41, 5.74) is 1.15. The van der Waals surface area contributed by atoms with Crippen LogP contribution in [0, 0.1) is 5.92 Å². The van der Waals surface area contributed by atoms with Crippen LogP contribution >= 0.6 is 0 Å². The molecule has 1 aliphatic heterocycles. The summed E-state index contributed by atoms with van der Waals surface area (Å²) in [5.74, 6) is 1.29. The van der Waals surface area contributed by atoms with Gasteiger partial charge in [-0.15, -0.1) is 0 Å². The Balaban J connectivity index is 1.72. The molecule has 0 bridgehead atoms. The van der Waals surface area contributed by atoms with Gasteiger partial charge in [-0.1, -0.05) is 37.3 Å². The summed E-state index contributed by atoms with van der Waals surface area (Å²) in [7, 11) is 1.52. The average molecular weight is 298 g/mol. The molecule has 0 spiro atoms. The van der Waals surface area contributed by atoms with Crippen molar-refractivity contribution in [3.05, 3.63) is 48.3 Å². The van der Waals surface area contributed by atoms with Gasteiger partial charge < -0.3 is 9.64 Å². The SMILES string of the molecule is COc1cc(NC(=O)N2C[C@H](C)[C@H]2c2ccccc2)ncn1. The molecular weight excluding hydrogens is 280 g/mol. The average Bonchev–Trinajstić information content (AvgIpc) is 2.53. The Kier molecular flexibility index (Phi) is 3.91. The fourth-order valence-corrected chi connectivity index (χ4v) is 2.76. The molecule has 1 aromatic heterocycles. The number of carbonyl (C=O) groups excluding carboxylic acids is 1. The first-order valence-corrected chi connectivity index (χ1v) is 7.17. The highest BCUT2D eigenvalue weighted by Gasteiger charge is 2.40. The number of benzene rings is 1. The number of anilines is 1. The summed E-state index contributed by atoms with van der Waals surface area (Å²) >= 11 is 0. The normalized spacial score (nSPS) is 20.2. The molecule has 0 unspecified atom stereocenters. The van der Waals surface area contributed by atoms with E-state index < -0.39 is 0 Å². The molecule has 114 valence electrons. The number of ether oxygens (including phenoxy) is 1. The molecule has 1 aromatic carbocycles. The molecule has 2 atom stereocenters. The number of carbonyl (C=O) groups is 1. The second kappa shape index (κ2) is 6.01. The molecule has 3 rings (SSSR count). The number of hydrogen-bond donors (Lipinski definition) is 1. The summed E-state index contributed by atoms with van der Waals surface area (Å²) in [6.07, 6.45) is 1.36. The van der Waals surface area contributed by atoms with Gasteiger partial charge in [0.15, 0.2) is 0 Å². The largest absolute Gasteiger partial charge is 0.481 e. The van der Waals surface area contributed by atoms with Crippen LogP contribution in [0.25, 0.3) is 0 Å². The number of nitrogens with zero attached hydrogens (tertiary/aromatic N) is 3. The van der Waals surface area contributed by atoms with Crippen molar-refractivity contribution in [1.29, 1.82) is 0 Å². The van der Waals surface area contributed by atoms with Crippen molar-refractivity contribution in [2.75, 3.05) is 19.0 Å². The Hall–Kier alpha value is -2.63. The number of hydrogen-bond acceptors (Lipinski definition) is 4. The van der Waals surface area contributed by atoms with E-state index in [2.05, 4.69) is 22.2 Å². The third-order valence-corrected chi connectivity index (χ3v) is 3.85. The summed E-state index contributed by atoms with van der Waals surface area (Å²) in [4.78, 5) is 22.2. The maximum Gasteiger partial charge on any atom is 0.323 e. The van der Waals surface area contributed by atoms with E-state index in [0.29, 0.717) is 17.6 Å². The molecule has 6 nitrogen and oxygen atoms in total. The molecule has 1 saturated heterocycles. The van der Waals surface area contributed by atoms with Crippen LogP contribution in [-0.4, -0.2) is 34.6 Å². The maximum atomic E-state index is 12.4. The van der Waals surface area contributed by atoms with E-state index in [4.69, 9.17) is 4.74 Å². The zero-order valence-corrected chi connectivity index (χ0v) is 12.6. The van der Waals surface area contributed by atoms with Gasteiger partial charge in [-0.2, -0.15) is 0 Å². The molecule has 1 fully saturated rings. The van der Waals surface area contributed by atoms with Crippen LogP contribution < -0.4 is 10.1 Å². The number of likely N-dealkylation sites (tertiary alicyclic amines) is 1. The summed E-state index contributed by atoms with van der Waals surface area (Å²) in [6, 6.07) is 11.6. The number of nitrogens with one attached hydrogen (secondary N) is 1. The Morgan fingerprint density at radius 2 is 2.09 bits per heavy atom. The zero-order chi connectivity index (χ0) is 15.5. The third kappa shape index (κ3) is 2.72. The molecule has 0 saturated carbocycles. The molecule has 2 aromatic rings. The zero-order valence-electron chi connectivity index (χ0n) is 12.6. The maximum absolute atomic E-state index is 12.4. The van der Waals surface area contributed by atoms with Gasteiger partial charge in [0.05, 0.1) is 13.2 Å². The Bertz CT molecular complexity index is 662. The minimum atomic E-state index is -0.160. The van der Waals surface area contributed by atoms with Gasteiger partial charge in [0.25, 0.3) is 0 Å². The second-order valence-corrected chi connectivity index (χ2v) is 5.36. The number of rotatable bonds is 3. The van der Waals surface area contributed by atoms with Gasteiger partial charge in [-0.3, -0.25) is 5.32 Å². The fraction of sp³-hybridized carbons (Fsp3) is 0.312. The fourth-order valence-electron chi connectivity index (χ4n) is 2.76. The van der Waals surface area contributed by atoms with Crippen LogP contribution in [0.2, 0.25) is 0 Å². The van der Waals surface area contributed by atoms with E-state index in [9.17, 15) is 4.79 Å². The van der Waals surface area contributed by atoms with E-state index in [1.165, 1.54) is 13.4 Å². The lowest BCUT2D eigenvalue weighted by atomic mass is 9.85. The minimum absolute atomic E-state index is 0.102. The molecule has 1 aliphatic rings. The Labute approximate surface area is 129 Å². The van der Waals surface area contributed by atoms with Crippen LogP contribution in [0.1, 0.15) is 18.5 Å². The number of amides is 2. The molecule has 6 heteroatoms. The summed E-state index contributed by atoms with van der Waals surface area (Å²) < 4.78 is 5.03. The first kappa shape index (κ1) is 14.3. The van der Waals surface area contributed by atoms with E-state index in [1.54, 1.807) is 6.07 Å². The van der Waals surface area contributed by atoms with E-state index in [0.717, 1.165) is 12.1 Å². The molecule has 0 aliphatic carbocycles. The molecule has 2 heterocycles.